The normalized spacial score (nSPS) is 17.1. The first-order valence-corrected chi connectivity index (χ1v) is 6.56. The number of nitrogens with two attached hydrogens (primary N) is 1. The number of nitrogen functional groups attached to an aromatic ring is 1. The zero-order chi connectivity index (χ0) is 13.7. The lowest BCUT2D eigenvalue weighted by Crippen LogP contribution is -2.15. The number of para-hydroxylation sites is 1. The molecule has 2 N–H and O–H groups in total. The van der Waals surface area contributed by atoms with Crippen LogP contribution in [0.3, 0.4) is 0 Å². The molecule has 1 aromatic carbocycles. The van der Waals surface area contributed by atoms with E-state index in [1.54, 1.807) is 0 Å². The summed E-state index contributed by atoms with van der Waals surface area (Å²) in [7, 11) is 0. The molecule has 4 rings (SSSR count). The summed E-state index contributed by atoms with van der Waals surface area (Å²) < 4.78 is 7.69. The first-order chi connectivity index (χ1) is 9.74. The van der Waals surface area contributed by atoms with Gasteiger partial charge in [0.05, 0.1) is 0 Å². The summed E-state index contributed by atoms with van der Waals surface area (Å²) in [6.07, 6.45) is 1.83. The second-order valence-corrected chi connectivity index (χ2v) is 5.06. The summed E-state index contributed by atoms with van der Waals surface area (Å²) in [4.78, 5) is 8.90. The summed E-state index contributed by atoms with van der Waals surface area (Å²) in [6.45, 7) is 2.56. The maximum Gasteiger partial charge on any atom is 0.203 e. The minimum absolute atomic E-state index is 0.0337. The fourth-order valence-corrected chi connectivity index (χ4v) is 2.77. The third-order valence-electron chi connectivity index (χ3n) is 3.68. The van der Waals surface area contributed by atoms with Gasteiger partial charge in [-0.15, -0.1) is 0 Å². The van der Waals surface area contributed by atoms with E-state index in [-0.39, 0.29) is 6.04 Å². The number of pyridine rings is 1. The lowest BCUT2D eigenvalue weighted by molar-refractivity contribution is 0.319. The Kier molecular flexibility index (Phi) is 2.24. The van der Waals surface area contributed by atoms with E-state index < -0.39 is 0 Å². The Morgan fingerprint density at radius 2 is 2.20 bits per heavy atom. The summed E-state index contributed by atoms with van der Waals surface area (Å²) >= 11 is 0. The molecule has 0 radical (unpaired) electrons. The zero-order valence-electron chi connectivity index (χ0n) is 11.1. The van der Waals surface area contributed by atoms with Gasteiger partial charge in [0, 0.05) is 11.8 Å². The van der Waals surface area contributed by atoms with Crippen LogP contribution in [0.15, 0.2) is 36.5 Å². The molecule has 0 bridgehead atoms. The van der Waals surface area contributed by atoms with Crippen LogP contribution in [-0.4, -0.2) is 21.1 Å². The van der Waals surface area contributed by atoms with E-state index in [1.165, 1.54) is 0 Å². The van der Waals surface area contributed by atoms with E-state index in [0.717, 1.165) is 28.0 Å². The summed E-state index contributed by atoms with van der Waals surface area (Å²) in [5, 5.41) is 0. The maximum absolute atomic E-state index is 6.10. The molecule has 2 aromatic heterocycles. The highest BCUT2D eigenvalue weighted by Gasteiger charge is 2.28. The Balaban J connectivity index is 1.94. The van der Waals surface area contributed by atoms with Crippen molar-refractivity contribution in [1.82, 2.24) is 14.5 Å². The molecule has 1 aliphatic heterocycles. The SMILES string of the molecule is Cc1cnc2c(c1)nc(N)n2C1COc2ccccc21. The molecule has 5 nitrogen and oxygen atoms in total. The lowest BCUT2D eigenvalue weighted by Gasteiger charge is -2.13. The van der Waals surface area contributed by atoms with Crippen LogP contribution in [0, 0.1) is 6.92 Å². The van der Waals surface area contributed by atoms with Crippen molar-refractivity contribution in [2.75, 3.05) is 12.3 Å². The quantitative estimate of drug-likeness (QED) is 0.734. The highest BCUT2D eigenvalue weighted by molar-refractivity contribution is 5.75. The zero-order valence-corrected chi connectivity index (χ0v) is 11.1. The number of fused-ring (bicyclic) bond motifs is 2. The number of nitrogens with zero attached hydrogens (tertiary/aromatic N) is 3. The predicted molar refractivity (Wildman–Crippen MR) is 76.8 cm³/mol. The smallest absolute Gasteiger partial charge is 0.203 e. The average molecular weight is 266 g/mol. The van der Waals surface area contributed by atoms with Crippen LogP contribution in [0.4, 0.5) is 5.95 Å². The summed E-state index contributed by atoms with van der Waals surface area (Å²) in [5.41, 5.74) is 9.93. The maximum atomic E-state index is 6.10. The number of aromatic nitrogens is 3. The molecular formula is C15H14N4O. The van der Waals surface area contributed by atoms with Crippen molar-refractivity contribution in [3.05, 3.63) is 47.7 Å². The van der Waals surface area contributed by atoms with Crippen LogP contribution in [0.5, 0.6) is 5.75 Å². The molecule has 1 aliphatic rings. The van der Waals surface area contributed by atoms with Gasteiger partial charge < -0.3 is 10.5 Å². The van der Waals surface area contributed by atoms with Crippen molar-refractivity contribution in [1.29, 1.82) is 0 Å². The fourth-order valence-electron chi connectivity index (χ4n) is 2.77. The minimum Gasteiger partial charge on any atom is -0.491 e. The van der Waals surface area contributed by atoms with Crippen LogP contribution < -0.4 is 10.5 Å². The van der Waals surface area contributed by atoms with Gasteiger partial charge in [0.1, 0.15) is 23.9 Å². The topological polar surface area (TPSA) is 66.0 Å². The average Bonchev–Trinajstić information content (AvgIpc) is 2.98. The molecular weight excluding hydrogens is 252 g/mol. The molecule has 0 saturated heterocycles. The molecule has 20 heavy (non-hydrogen) atoms. The molecule has 0 aliphatic carbocycles. The third-order valence-corrected chi connectivity index (χ3v) is 3.68. The van der Waals surface area contributed by atoms with Crippen LogP contribution >= 0.6 is 0 Å². The van der Waals surface area contributed by atoms with Crippen molar-refractivity contribution in [3.8, 4) is 5.75 Å². The van der Waals surface area contributed by atoms with Crippen molar-refractivity contribution in [2.24, 2.45) is 0 Å². The second kappa shape index (κ2) is 3.96. The van der Waals surface area contributed by atoms with Crippen molar-refractivity contribution < 1.29 is 4.74 Å². The van der Waals surface area contributed by atoms with Gasteiger partial charge in [0.2, 0.25) is 5.95 Å². The van der Waals surface area contributed by atoms with Crippen LogP contribution in [0.1, 0.15) is 17.2 Å². The molecule has 1 atom stereocenters. The second-order valence-electron chi connectivity index (χ2n) is 5.06. The molecule has 3 aromatic rings. The van der Waals surface area contributed by atoms with Crippen molar-refractivity contribution in [3.63, 3.8) is 0 Å². The highest BCUT2D eigenvalue weighted by Crippen LogP contribution is 2.37. The van der Waals surface area contributed by atoms with Gasteiger partial charge in [-0.25, -0.2) is 9.97 Å². The number of imidazole rings is 1. The number of hydrogen-bond acceptors (Lipinski definition) is 4. The van der Waals surface area contributed by atoms with Crippen LogP contribution in [0.2, 0.25) is 0 Å². The number of ether oxygens (including phenoxy) is 1. The number of hydrogen-bond donors (Lipinski definition) is 1. The highest BCUT2D eigenvalue weighted by atomic mass is 16.5. The third kappa shape index (κ3) is 1.49. The van der Waals surface area contributed by atoms with Crippen LogP contribution in [-0.2, 0) is 0 Å². The first kappa shape index (κ1) is 11.3. The molecule has 0 fully saturated rings. The van der Waals surface area contributed by atoms with E-state index >= 15 is 0 Å². The van der Waals surface area contributed by atoms with Gasteiger partial charge in [0.15, 0.2) is 5.65 Å². The van der Waals surface area contributed by atoms with E-state index in [9.17, 15) is 0 Å². The Morgan fingerprint density at radius 3 is 3.10 bits per heavy atom. The monoisotopic (exact) mass is 266 g/mol. The van der Waals surface area contributed by atoms with E-state index in [0.29, 0.717) is 12.6 Å². The molecule has 3 heterocycles. The Labute approximate surface area is 116 Å². The standard InChI is InChI=1S/C15H14N4O/c1-9-6-11-14(17-7-9)19(15(16)18-11)12-8-20-13-5-3-2-4-10(12)13/h2-7,12H,8H2,1H3,(H2,16,18). The van der Waals surface area contributed by atoms with Crippen molar-refractivity contribution in [2.45, 2.75) is 13.0 Å². The first-order valence-electron chi connectivity index (χ1n) is 6.56. The Hall–Kier alpha value is -2.56. The summed E-state index contributed by atoms with van der Waals surface area (Å²) in [6, 6.07) is 10.0. The number of benzene rings is 1. The molecule has 1 unspecified atom stereocenters. The summed E-state index contributed by atoms with van der Waals surface area (Å²) in [5.74, 6) is 1.38. The lowest BCUT2D eigenvalue weighted by atomic mass is 10.1. The van der Waals surface area contributed by atoms with Crippen molar-refractivity contribution >= 4 is 17.1 Å². The van der Waals surface area contributed by atoms with Gasteiger partial charge in [-0.3, -0.25) is 4.57 Å². The fraction of sp³-hybridized carbons (Fsp3) is 0.200. The van der Waals surface area contributed by atoms with E-state index in [1.807, 2.05) is 42.0 Å². The van der Waals surface area contributed by atoms with Gasteiger partial charge >= 0.3 is 0 Å². The molecule has 0 spiro atoms. The van der Waals surface area contributed by atoms with Gasteiger partial charge in [-0.05, 0) is 24.6 Å². The van der Waals surface area contributed by atoms with E-state index in [2.05, 4.69) is 16.0 Å². The largest absolute Gasteiger partial charge is 0.491 e. The van der Waals surface area contributed by atoms with Crippen LogP contribution in [0.25, 0.3) is 11.2 Å². The number of rotatable bonds is 1. The molecule has 5 heteroatoms. The van der Waals surface area contributed by atoms with Gasteiger partial charge in [-0.1, -0.05) is 18.2 Å². The Bertz CT molecular complexity index is 809. The Morgan fingerprint density at radius 1 is 1.35 bits per heavy atom. The van der Waals surface area contributed by atoms with Gasteiger partial charge in [0.25, 0.3) is 0 Å². The van der Waals surface area contributed by atoms with E-state index in [4.69, 9.17) is 10.5 Å². The molecule has 0 amide bonds. The predicted octanol–water partition coefficient (Wildman–Crippen LogP) is 2.30. The van der Waals surface area contributed by atoms with Gasteiger partial charge in [-0.2, -0.15) is 0 Å². The minimum atomic E-state index is 0.0337. The molecule has 0 saturated carbocycles. The number of aryl methyl sites for hydroxylation is 1. The number of anilines is 1. The molecule has 100 valence electrons.